The van der Waals surface area contributed by atoms with Crippen molar-refractivity contribution in [1.82, 2.24) is 4.90 Å². The van der Waals surface area contributed by atoms with Crippen LogP contribution in [0, 0.1) is 17.8 Å². The Labute approximate surface area is 265 Å². The van der Waals surface area contributed by atoms with Crippen molar-refractivity contribution in [2.45, 2.75) is 28.5 Å². The van der Waals surface area contributed by atoms with Gasteiger partial charge in [-0.25, -0.2) is 0 Å². The van der Waals surface area contributed by atoms with Gasteiger partial charge in [-0.3, -0.25) is 29.0 Å². The van der Waals surface area contributed by atoms with Crippen LogP contribution in [0.1, 0.15) is 29.9 Å². The van der Waals surface area contributed by atoms with Gasteiger partial charge in [0.1, 0.15) is 5.75 Å². The molecule has 7 nitrogen and oxygen atoms in total. The normalized spacial score (nSPS) is 31.7. The van der Waals surface area contributed by atoms with Gasteiger partial charge in [-0.15, -0.1) is 23.2 Å². The lowest BCUT2D eigenvalue weighted by molar-refractivity contribution is -0.138. The first-order chi connectivity index (χ1) is 20.6. The van der Waals surface area contributed by atoms with Gasteiger partial charge in [0.05, 0.1) is 23.0 Å². The average molecular weight is 680 g/mol. The van der Waals surface area contributed by atoms with E-state index < -0.39 is 51.1 Å². The fraction of sp³-hybridized carbons (Fsp3) is 0.273. The molecule has 0 unspecified atom stereocenters. The van der Waals surface area contributed by atoms with Crippen LogP contribution in [0.2, 0.25) is 0 Å². The predicted octanol–water partition coefficient (Wildman–Crippen LogP) is 6.10. The molecular weight excluding hydrogens is 655 g/mol. The molecule has 6 atom stereocenters. The van der Waals surface area contributed by atoms with Crippen molar-refractivity contribution in [2.75, 3.05) is 10.4 Å². The van der Waals surface area contributed by atoms with Crippen LogP contribution >= 0.6 is 39.1 Å². The number of likely N-dealkylation sites (tertiary alicyclic amines) is 1. The number of amides is 4. The molecule has 4 aliphatic rings. The number of alkyl halides is 3. The molecular formula is C33H25BrCl2N2O5. The van der Waals surface area contributed by atoms with Crippen LogP contribution in [0.15, 0.2) is 78.9 Å². The van der Waals surface area contributed by atoms with Gasteiger partial charge >= 0.3 is 0 Å². The van der Waals surface area contributed by atoms with E-state index in [0.29, 0.717) is 22.2 Å². The molecule has 2 heterocycles. The highest BCUT2D eigenvalue weighted by Crippen LogP contribution is 2.66. The summed E-state index contributed by atoms with van der Waals surface area (Å²) in [6.45, 7) is 3.76. The Hall–Kier alpha value is -3.46. The number of halogens is 3. The number of benzene rings is 3. The Morgan fingerprint density at radius 1 is 0.953 bits per heavy atom. The average Bonchev–Trinajstić information content (AvgIpc) is 3.35. The van der Waals surface area contributed by atoms with Crippen LogP contribution in [0.5, 0.6) is 5.75 Å². The number of hydrogen-bond acceptors (Lipinski definition) is 5. The molecule has 0 spiro atoms. The molecule has 218 valence electrons. The maximum absolute atomic E-state index is 14.2. The van der Waals surface area contributed by atoms with E-state index in [1.807, 2.05) is 24.3 Å². The summed E-state index contributed by atoms with van der Waals surface area (Å²) in [6, 6.07) is 17.7. The van der Waals surface area contributed by atoms with Crippen LogP contribution in [-0.2, 0) is 19.2 Å². The quantitative estimate of drug-likeness (QED) is 0.156. The number of phenols is 1. The van der Waals surface area contributed by atoms with E-state index in [1.165, 1.54) is 4.90 Å². The summed E-state index contributed by atoms with van der Waals surface area (Å²) in [7, 11) is 0. The summed E-state index contributed by atoms with van der Waals surface area (Å²) in [6.07, 6.45) is 3.65. The van der Waals surface area contributed by atoms with Gasteiger partial charge in [0.2, 0.25) is 11.8 Å². The lowest BCUT2D eigenvalue weighted by Crippen LogP contribution is -2.60. The lowest BCUT2D eigenvalue weighted by atomic mass is 9.56. The van der Waals surface area contributed by atoms with Crippen molar-refractivity contribution in [2.24, 2.45) is 17.8 Å². The molecule has 0 bridgehead atoms. The van der Waals surface area contributed by atoms with Gasteiger partial charge in [0, 0.05) is 16.9 Å². The van der Waals surface area contributed by atoms with E-state index in [4.69, 9.17) is 23.2 Å². The van der Waals surface area contributed by atoms with Gasteiger partial charge in [-0.05, 0) is 41.8 Å². The minimum atomic E-state index is -1.99. The van der Waals surface area contributed by atoms with Gasteiger partial charge in [-0.1, -0.05) is 88.8 Å². The molecule has 4 amide bonds. The second-order valence-electron chi connectivity index (χ2n) is 11.5. The second-order valence-corrected chi connectivity index (χ2v) is 13.3. The first kappa shape index (κ1) is 28.3. The maximum atomic E-state index is 14.2. The van der Waals surface area contributed by atoms with Crippen LogP contribution in [0.4, 0.5) is 5.69 Å². The molecule has 2 saturated heterocycles. The summed E-state index contributed by atoms with van der Waals surface area (Å²) in [5, 5.41) is 12.9. The number of imide groups is 2. The number of nitrogens with zero attached hydrogens (tertiary/aromatic N) is 2. The number of hydrogen-bond donors (Lipinski definition) is 1. The summed E-state index contributed by atoms with van der Waals surface area (Å²) in [5.41, 5.74) is 2.13. The Morgan fingerprint density at radius 3 is 2.37 bits per heavy atom. The highest BCUT2D eigenvalue weighted by atomic mass is 79.9. The van der Waals surface area contributed by atoms with Crippen molar-refractivity contribution < 1.29 is 24.3 Å². The Balaban J connectivity index is 1.41. The maximum Gasteiger partial charge on any atom is 0.254 e. The summed E-state index contributed by atoms with van der Waals surface area (Å²) >= 11 is 17.8. The van der Waals surface area contributed by atoms with Crippen LogP contribution < -0.4 is 4.90 Å². The monoisotopic (exact) mass is 678 g/mol. The zero-order valence-electron chi connectivity index (χ0n) is 22.7. The molecule has 2 aliphatic carbocycles. The molecule has 7 rings (SSSR count). The molecule has 3 fully saturated rings. The summed E-state index contributed by atoms with van der Waals surface area (Å²) in [5.74, 6) is -5.38. The van der Waals surface area contributed by atoms with Crippen molar-refractivity contribution in [3.63, 3.8) is 0 Å². The SMILES string of the molecule is C=Cc1ccc(N2C(=O)[C@H]3[C@H](CC=C4[C@H]3C[C@@]3(Cl)C(=O)N(CBr)C(=O)[C@@]3(Cl)[C@H]4c3ccc4ccccc4c3O)C2=O)cc1. The van der Waals surface area contributed by atoms with Crippen LogP contribution in [0.25, 0.3) is 16.8 Å². The zero-order chi connectivity index (χ0) is 30.4. The third kappa shape index (κ3) is 3.60. The van der Waals surface area contributed by atoms with Crippen molar-refractivity contribution >= 4 is 85.3 Å². The van der Waals surface area contributed by atoms with E-state index in [-0.39, 0.29) is 30.0 Å². The van der Waals surface area contributed by atoms with Crippen LogP contribution in [0.3, 0.4) is 0 Å². The Kier molecular flexibility index (Phi) is 6.44. The first-order valence-corrected chi connectivity index (χ1v) is 15.8. The topological polar surface area (TPSA) is 95.0 Å². The molecule has 10 heteroatoms. The molecule has 2 aliphatic heterocycles. The molecule has 1 saturated carbocycles. The molecule has 0 aromatic heterocycles. The van der Waals surface area contributed by atoms with Crippen molar-refractivity contribution in [1.29, 1.82) is 0 Å². The largest absolute Gasteiger partial charge is 0.507 e. The second kappa shape index (κ2) is 9.78. The number of rotatable bonds is 4. The first-order valence-electron chi connectivity index (χ1n) is 13.9. The Morgan fingerprint density at radius 2 is 1.67 bits per heavy atom. The predicted molar refractivity (Wildman–Crippen MR) is 168 cm³/mol. The van der Waals surface area contributed by atoms with E-state index in [1.54, 1.807) is 48.5 Å². The molecule has 3 aromatic carbocycles. The highest BCUT2D eigenvalue weighted by Gasteiger charge is 2.76. The molecule has 1 N–H and O–H groups in total. The van der Waals surface area contributed by atoms with Crippen molar-refractivity contribution in [3.05, 3.63) is 90.0 Å². The number of fused-ring (bicyclic) bond motifs is 5. The third-order valence-corrected chi connectivity index (χ3v) is 11.6. The van der Waals surface area contributed by atoms with Crippen LogP contribution in [-0.4, -0.2) is 48.8 Å². The van der Waals surface area contributed by atoms with Gasteiger partial charge in [0.15, 0.2) is 9.75 Å². The number of anilines is 1. The number of carbonyl (C=O) groups excluding carboxylic acids is 4. The van der Waals surface area contributed by atoms with E-state index >= 15 is 0 Å². The minimum Gasteiger partial charge on any atom is -0.507 e. The standard InChI is InChI=1S/C33H25BrCl2N2O5/c1-2-17-7-10-19(11-8-17)38-28(40)22-14-13-21-24(25(22)29(38)41)15-32(35)30(42)37(16-34)31(43)33(32,36)26(21)23-12-9-18-5-3-4-6-20(18)27(23)39/h2-13,22,24-26,39H,1,14-16H2/t22-,24+,25-,26+,32+,33-/m0/s1. The Bertz CT molecular complexity index is 1810. The number of aromatic hydroxyl groups is 1. The fourth-order valence-electron chi connectivity index (χ4n) is 7.62. The number of phenolic OH excluding ortho intramolecular Hbond substituents is 1. The van der Waals surface area contributed by atoms with Crippen molar-refractivity contribution in [3.8, 4) is 5.75 Å². The minimum absolute atomic E-state index is 0.0823. The van der Waals surface area contributed by atoms with E-state index in [0.717, 1.165) is 15.8 Å². The van der Waals surface area contributed by atoms with Gasteiger partial charge in [0.25, 0.3) is 11.8 Å². The van der Waals surface area contributed by atoms with Gasteiger partial charge in [-0.2, -0.15) is 0 Å². The molecule has 3 aromatic rings. The lowest BCUT2D eigenvalue weighted by Gasteiger charge is -2.50. The summed E-state index contributed by atoms with van der Waals surface area (Å²) < 4.78 is 0. The highest BCUT2D eigenvalue weighted by molar-refractivity contribution is 9.09. The van der Waals surface area contributed by atoms with E-state index in [9.17, 15) is 24.3 Å². The summed E-state index contributed by atoms with van der Waals surface area (Å²) in [4.78, 5) is 54.0. The van der Waals surface area contributed by atoms with Gasteiger partial charge < -0.3 is 5.11 Å². The third-order valence-electron chi connectivity index (χ3n) is 9.64. The zero-order valence-corrected chi connectivity index (χ0v) is 25.8. The number of allylic oxidation sites excluding steroid dienone is 2. The fourth-order valence-corrected chi connectivity index (χ4v) is 9.03. The van der Waals surface area contributed by atoms with E-state index in [2.05, 4.69) is 22.5 Å². The smallest absolute Gasteiger partial charge is 0.254 e. The molecule has 0 radical (unpaired) electrons. The number of carbonyl (C=O) groups is 4. The molecule has 43 heavy (non-hydrogen) atoms.